The highest BCUT2D eigenvalue weighted by atomic mass is 35.5. The van der Waals surface area contributed by atoms with E-state index in [9.17, 15) is 4.79 Å². The molecule has 6 nitrogen and oxygen atoms in total. The van der Waals surface area contributed by atoms with Gasteiger partial charge in [-0.1, -0.05) is 42.4 Å². The fourth-order valence-corrected chi connectivity index (χ4v) is 5.25. The summed E-state index contributed by atoms with van der Waals surface area (Å²) in [5.41, 5.74) is 7.54. The minimum absolute atomic E-state index is 0.246. The van der Waals surface area contributed by atoms with E-state index in [2.05, 4.69) is 75.8 Å². The van der Waals surface area contributed by atoms with Gasteiger partial charge in [0.1, 0.15) is 5.65 Å². The van der Waals surface area contributed by atoms with E-state index in [0.29, 0.717) is 11.1 Å². The van der Waals surface area contributed by atoms with E-state index < -0.39 is 0 Å². The third kappa shape index (κ3) is 4.99. The molecule has 1 aliphatic heterocycles. The van der Waals surface area contributed by atoms with Crippen molar-refractivity contribution in [1.82, 2.24) is 14.9 Å². The lowest BCUT2D eigenvalue weighted by Gasteiger charge is -2.38. The number of fused-ring (bicyclic) bond motifs is 1. The van der Waals surface area contributed by atoms with E-state index in [1.54, 1.807) is 12.3 Å². The number of carbonyl (C=O) groups is 1. The molecule has 0 saturated carbocycles. The number of nitrogens with zero attached hydrogens (tertiary/aromatic N) is 3. The van der Waals surface area contributed by atoms with E-state index >= 15 is 0 Å². The van der Waals surface area contributed by atoms with Crippen LogP contribution < -0.4 is 10.2 Å². The second-order valence-electron chi connectivity index (χ2n) is 9.78. The van der Waals surface area contributed by atoms with Crippen LogP contribution in [0.2, 0.25) is 5.02 Å². The summed E-state index contributed by atoms with van der Waals surface area (Å²) in [4.78, 5) is 25.0. The smallest absolute Gasteiger partial charge is 0.247 e. The molecular formula is C30H32ClN5O. The Morgan fingerprint density at radius 3 is 2.46 bits per heavy atom. The average Bonchev–Trinajstić information content (AvgIpc) is 3.31. The van der Waals surface area contributed by atoms with Crippen molar-refractivity contribution in [3.05, 3.63) is 78.0 Å². The first kappa shape index (κ1) is 25.1. The molecule has 0 unspecified atom stereocenters. The minimum atomic E-state index is -0.246. The van der Waals surface area contributed by atoms with Crippen LogP contribution in [0.15, 0.2) is 67.4 Å². The second-order valence-corrected chi connectivity index (χ2v) is 10.2. The highest BCUT2D eigenvalue weighted by Crippen LogP contribution is 2.42. The number of hydrogen-bond donors (Lipinski definition) is 2. The third-order valence-corrected chi connectivity index (χ3v) is 7.49. The first-order chi connectivity index (χ1) is 17.9. The zero-order valence-corrected chi connectivity index (χ0v) is 22.3. The summed E-state index contributed by atoms with van der Waals surface area (Å²) >= 11 is 6.70. The SMILES string of the molecule is C=CC(=O)Nc1cc(-c2c(-c3ccc(N4CCN(C(C)C)CC4)cc3)[nH]c3nccc(Cl)c23)ccc1C. The fraction of sp³-hybridized carbons (Fsp3) is 0.267. The topological polar surface area (TPSA) is 64.3 Å². The number of aryl methyl sites for hydroxylation is 1. The van der Waals surface area contributed by atoms with Crippen molar-refractivity contribution in [2.45, 2.75) is 26.8 Å². The van der Waals surface area contributed by atoms with Gasteiger partial charge in [0.25, 0.3) is 0 Å². The van der Waals surface area contributed by atoms with Gasteiger partial charge in [0.05, 0.1) is 10.7 Å². The van der Waals surface area contributed by atoms with Gasteiger partial charge in [-0.15, -0.1) is 0 Å². The van der Waals surface area contributed by atoms with Crippen LogP contribution in [0.4, 0.5) is 11.4 Å². The third-order valence-electron chi connectivity index (χ3n) is 7.18. The standard InChI is InChI=1S/C30H32ClN5O/c1-5-26(37)33-25-18-22(7-6-20(25)4)27-28-24(31)12-13-32-30(28)34-29(27)21-8-10-23(11-9-21)36-16-14-35(15-17-36)19(2)3/h5-13,18-19H,1,14-17H2,2-4H3,(H,32,34)(H,33,37). The van der Waals surface area contributed by atoms with Crippen LogP contribution >= 0.6 is 11.6 Å². The highest BCUT2D eigenvalue weighted by Gasteiger charge is 2.21. The molecule has 0 spiro atoms. The predicted molar refractivity (Wildman–Crippen MR) is 154 cm³/mol. The van der Waals surface area contributed by atoms with E-state index in [-0.39, 0.29) is 5.91 Å². The highest BCUT2D eigenvalue weighted by molar-refractivity contribution is 6.36. The zero-order chi connectivity index (χ0) is 26.1. The van der Waals surface area contributed by atoms with Gasteiger partial charge in [-0.05, 0) is 67.8 Å². The Balaban J connectivity index is 1.54. The van der Waals surface area contributed by atoms with E-state index in [0.717, 1.165) is 70.8 Å². The number of nitrogens with one attached hydrogen (secondary N) is 2. The number of carbonyl (C=O) groups excluding carboxylic acids is 1. The summed E-state index contributed by atoms with van der Waals surface area (Å²) in [5.74, 6) is -0.246. The molecule has 1 saturated heterocycles. The Labute approximate surface area is 223 Å². The molecule has 1 amide bonds. The maximum Gasteiger partial charge on any atom is 0.247 e. The van der Waals surface area contributed by atoms with E-state index in [1.807, 2.05) is 19.1 Å². The Bertz CT molecular complexity index is 1450. The zero-order valence-electron chi connectivity index (χ0n) is 21.5. The maximum atomic E-state index is 12.0. The quantitative estimate of drug-likeness (QED) is 0.288. The van der Waals surface area contributed by atoms with Gasteiger partial charge in [-0.2, -0.15) is 0 Å². The van der Waals surface area contributed by atoms with Crippen LogP contribution in [0, 0.1) is 6.92 Å². The summed E-state index contributed by atoms with van der Waals surface area (Å²) in [6.07, 6.45) is 2.98. The Morgan fingerprint density at radius 1 is 1.08 bits per heavy atom. The van der Waals surface area contributed by atoms with Gasteiger partial charge in [-0.3, -0.25) is 9.69 Å². The van der Waals surface area contributed by atoms with Crippen molar-refractivity contribution in [3.63, 3.8) is 0 Å². The molecule has 0 atom stereocenters. The normalized spacial score (nSPS) is 14.4. The fourth-order valence-electron chi connectivity index (χ4n) is 5.01. The summed E-state index contributed by atoms with van der Waals surface area (Å²) < 4.78 is 0. The molecule has 37 heavy (non-hydrogen) atoms. The number of aromatic amines is 1. The second kappa shape index (κ2) is 10.4. The molecule has 4 aromatic rings. The molecule has 7 heteroatoms. The van der Waals surface area contributed by atoms with Crippen molar-refractivity contribution in [2.75, 3.05) is 36.4 Å². The molecular weight excluding hydrogens is 482 g/mol. The Kier molecular flexibility index (Phi) is 7.04. The molecule has 0 radical (unpaired) electrons. The van der Waals surface area contributed by atoms with Crippen molar-refractivity contribution < 1.29 is 4.79 Å². The lowest BCUT2D eigenvalue weighted by Crippen LogP contribution is -2.48. The van der Waals surface area contributed by atoms with E-state index in [4.69, 9.17) is 11.6 Å². The lowest BCUT2D eigenvalue weighted by molar-refractivity contribution is -0.111. The van der Waals surface area contributed by atoms with Gasteiger partial charge in [0.15, 0.2) is 0 Å². The predicted octanol–water partition coefficient (Wildman–Crippen LogP) is 6.51. The molecule has 0 bridgehead atoms. The minimum Gasteiger partial charge on any atom is -0.369 e. The van der Waals surface area contributed by atoms with Crippen LogP contribution in [-0.2, 0) is 4.79 Å². The number of hydrogen-bond acceptors (Lipinski definition) is 4. The number of anilines is 2. The van der Waals surface area contributed by atoms with Crippen molar-refractivity contribution >= 4 is 39.9 Å². The molecule has 2 aromatic carbocycles. The van der Waals surface area contributed by atoms with E-state index in [1.165, 1.54) is 11.8 Å². The van der Waals surface area contributed by atoms with Crippen LogP contribution in [0.3, 0.4) is 0 Å². The molecule has 190 valence electrons. The number of aromatic nitrogens is 2. The van der Waals surface area contributed by atoms with Crippen molar-refractivity contribution in [1.29, 1.82) is 0 Å². The summed E-state index contributed by atoms with van der Waals surface area (Å²) in [6, 6.07) is 17.1. The molecule has 0 aliphatic carbocycles. The summed E-state index contributed by atoms with van der Waals surface area (Å²) in [7, 11) is 0. The number of H-pyrrole nitrogens is 1. The van der Waals surface area contributed by atoms with Gasteiger partial charge >= 0.3 is 0 Å². The Morgan fingerprint density at radius 2 is 1.78 bits per heavy atom. The van der Waals surface area contributed by atoms with Gasteiger partial charge in [0, 0.05) is 60.7 Å². The first-order valence-electron chi connectivity index (χ1n) is 12.7. The Hall–Kier alpha value is -3.61. The molecule has 5 rings (SSSR count). The number of rotatable bonds is 6. The molecule has 2 N–H and O–H groups in total. The van der Waals surface area contributed by atoms with Gasteiger partial charge < -0.3 is 15.2 Å². The number of amides is 1. The van der Waals surface area contributed by atoms with Crippen LogP contribution in [0.1, 0.15) is 19.4 Å². The molecule has 3 heterocycles. The maximum absolute atomic E-state index is 12.0. The monoisotopic (exact) mass is 513 g/mol. The largest absolute Gasteiger partial charge is 0.369 e. The van der Waals surface area contributed by atoms with Crippen molar-refractivity contribution in [2.24, 2.45) is 0 Å². The van der Waals surface area contributed by atoms with Gasteiger partial charge in [0.2, 0.25) is 5.91 Å². The number of benzene rings is 2. The summed E-state index contributed by atoms with van der Waals surface area (Å²) in [6.45, 7) is 14.3. The molecule has 1 fully saturated rings. The molecule has 1 aliphatic rings. The first-order valence-corrected chi connectivity index (χ1v) is 13.0. The van der Waals surface area contributed by atoms with Crippen LogP contribution in [-0.4, -0.2) is 53.0 Å². The summed E-state index contributed by atoms with van der Waals surface area (Å²) in [5, 5.41) is 4.40. The van der Waals surface area contributed by atoms with Crippen molar-refractivity contribution in [3.8, 4) is 22.4 Å². The number of pyridine rings is 1. The average molecular weight is 514 g/mol. The van der Waals surface area contributed by atoms with Crippen LogP contribution in [0.25, 0.3) is 33.4 Å². The number of halogens is 1. The van der Waals surface area contributed by atoms with Crippen LogP contribution in [0.5, 0.6) is 0 Å². The van der Waals surface area contributed by atoms with Gasteiger partial charge in [-0.25, -0.2) is 4.98 Å². The lowest BCUT2D eigenvalue weighted by atomic mass is 9.97. The number of piperazine rings is 1. The molecule has 2 aromatic heterocycles.